The minimum Gasteiger partial charge on any atom is -0.480 e. The Morgan fingerprint density at radius 3 is 2.68 bits per heavy atom. The van der Waals surface area contributed by atoms with Crippen molar-refractivity contribution in [2.75, 3.05) is 6.61 Å². The number of amides is 1. The van der Waals surface area contributed by atoms with Gasteiger partial charge in [-0.1, -0.05) is 0 Å². The molecule has 2 aliphatic rings. The zero-order chi connectivity index (χ0) is 13.8. The molecule has 0 unspecified atom stereocenters. The maximum Gasteiger partial charge on any atom is 0.326 e. The highest BCUT2D eigenvalue weighted by Gasteiger charge is 2.35. The summed E-state index contributed by atoms with van der Waals surface area (Å²) in [6.45, 7) is 0.539. The third-order valence-electron chi connectivity index (χ3n) is 3.78. The summed E-state index contributed by atoms with van der Waals surface area (Å²) < 4.78 is 5.23. The molecule has 6 nitrogen and oxygen atoms in total. The number of ketones is 1. The Bertz CT molecular complexity index is 375. The lowest BCUT2D eigenvalue weighted by Crippen LogP contribution is -2.50. The van der Waals surface area contributed by atoms with Crippen molar-refractivity contribution in [2.45, 2.75) is 50.7 Å². The first-order valence-corrected chi connectivity index (χ1v) is 6.74. The molecule has 1 saturated heterocycles. The second-order valence-electron chi connectivity index (χ2n) is 5.22. The number of carboxylic acids is 1. The Morgan fingerprint density at radius 2 is 2.11 bits per heavy atom. The van der Waals surface area contributed by atoms with Crippen LogP contribution in [-0.2, 0) is 19.1 Å². The van der Waals surface area contributed by atoms with Crippen LogP contribution in [0, 0.1) is 5.92 Å². The van der Waals surface area contributed by atoms with Crippen molar-refractivity contribution in [2.24, 2.45) is 5.92 Å². The number of carbonyl (C=O) groups excluding carboxylic acids is 2. The van der Waals surface area contributed by atoms with E-state index in [0.29, 0.717) is 32.3 Å². The molecule has 0 aromatic heterocycles. The van der Waals surface area contributed by atoms with Crippen molar-refractivity contribution >= 4 is 17.7 Å². The summed E-state index contributed by atoms with van der Waals surface area (Å²) in [5.74, 6) is -1.67. The molecule has 1 aliphatic carbocycles. The van der Waals surface area contributed by atoms with Crippen molar-refractivity contribution < 1.29 is 24.2 Å². The van der Waals surface area contributed by atoms with Crippen LogP contribution >= 0.6 is 0 Å². The highest BCUT2D eigenvalue weighted by Crippen LogP contribution is 2.25. The second-order valence-corrected chi connectivity index (χ2v) is 5.22. The van der Waals surface area contributed by atoms with E-state index in [0.717, 1.165) is 6.42 Å². The summed E-state index contributed by atoms with van der Waals surface area (Å²) in [6.07, 6.45) is 3.02. The average molecular weight is 269 g/mol. The number of hydrogen-bond donors (Lipinski definition) is 2. The molecular weight excluding hydrogens is 250 g/mol. The zero-order valence-electron chi connectivity index (χ0n) is 10.8. The van der Waals surface area contributed by atoms with Crippen molar-refractivity contribution in [3.63, 3.8) is 0 Å². The predicted octanol–water partition coefficient (Wildman–Crippen LogP) is 0.494. The van der Waals surface area contributed by atoms with E-state index in [1.807, 2.05) is 0 Å². The van der Waals surface area contributed by atoms with E-state index in [1.165, 1.54) is 0 Å². The molecule has 0 aromatic carbocycles. The van der Waals surface area contributed by atoms with Crippen LogP contribution in [0.1, 0.15) is 38.5 Å². The number of hydrogen-bond acceptors (Lipinski definition) is 4. The molecule has 106 valence electrons. The van der Waals surface area contributed by atoms with Gasteiger partial charge in [-0.3, -0.25) is 9.59 Å². The molecule has 1 aliphatic heterocycles. The highest BCUT2D eigenvalue weighted by atomic mass is 16.5. The smallest absolute Gasteiger partial charge is 0.326 e. The molecule has 1 amide bonds. The molecule has 2 N–H and O–H groups in total. The van der Waals surface area contributed by atoms with E-state index in [2.05, 4.69) is 5.32 Å². The lowest BCUT2D eigenvalue weighted by atomic mass is 9.83. The molecular formula is C13H19NO5. The van der Waals surface area contributed by atoms with Gasteiger partial charge in [-0.25, -0.2) is 4.79 Å². The van der Waals surface area contributed by atoms with E-state index in [9.17, 15) is 19.5 Å². The van der Waals surface area contributed by atoms with Crippen LogP contribution in [-0.4, -0.2) is 41.5 Å². The van der Waals surface area contributed by atoms with Crippen LogP contribution in [0.2, 0.25) is 0 Å². The number of ether oxygens (including phenoxy) is 1. The van der Waals surface area contributed by atoms with Crippen LogP contribution in [0.5, 0.6) is 0 Å². The van der Waals surface area contributed by atoms with Crippen LogP contribution in [0.4, 0.5) is 0 Å². The summed E-state index contributed by atoms with van der Waals surface area (Å²) in [6, 6.07) is -0.985. The standard InChI is InChI=1S/C13H19NO5/c15-9-4-1-3-8(7-9)11(13(17)18)14-12(16)10-5-2-6-19-10/h8,10-11H,1-7H2,(H,14,16)(H,17,18)/t8-,10-,11+/m0/s1. The second kappa shape index (κ2) is 6.14. The first-order valence-electron chi connectivity index (χ1n) is 6.74. The number of nitrogens with one attached hydrogen (secondary N) is 1. The van der Waals surface area contributed by atoms with Crippen molar-refractivity contribution in [1.29, 1.82) is 0 Å². The van der Waals surface area contributed by atoms with Gasteiger partial charge in [0.05, 0.1) is 0 Å². The summed E-state index contributed by atoms with van der Waals surface area (Å²) in [4.78, 5) is 34.6. The summed E-state index contributed by atoms with van der Waals surface area (Å²) in [5, 5.41) is 11.8. The lowest BCUT2D eigenvalue weighted by molar-refractivity contribution is -0.146. The number of aliphatic carboxylic acids is 1. The average Bonchev–Trinajstić information content (AvgIpc) is 2.89. The largest absolute Gasteiger partial charge is 0.480 e. The third kappa shape index (κ3) is 3.53. The fourth-order valence-corrected chi connectivity index (χ4v) is 2.75. The number of Topliss-reactive ketones (excluding diaryl/α,β-unsaturated/α-hetero) is 1. The SMILES string of the molecule is O=C1CCC[C@H]([C@@H](NC(=O)[C@@H]2CCCO2)C(=O)O)C1. The minimum absolute atomic E-state index is 0.0777. The summed E-state index contributed by atoms with van der Waals surface area (Å²) in [7, 11) is 0. The Kier molecular flexibility index (Phi) is 4.52. The van der Waals surface area contributed by atoms with Gasteiger partial charge in [0, 0.05) is 19.4 Å². The van der Waals surface area contributed by atoms with Crippen molar-refractivity contribution in [3.05, 3.63) is 0 Å². The predicted molar refractivity (Wildman–Crippen MR) is 65.5 cm³/mol. The number of carboxylic acid groups (broad SMARTS) is 1. The van der Waals surface area contributed by atoms with Gasteiger partial charge in [0.15, 0.2) is 0 Å². The minimum atomic E-state index is -1.08. The Morgan fingerprint density at radius 1 is 1.32 bits per heavy atom. The maximum atomic E-state index is 11.9. The fourth-order valence-electron chi connectivity index (χ4n) is 2.75. The molecule has 0 radical (unpaired) electrons. The molecule has 1 saturated carbocycles. The number of carbonyl (C=O) groups is 3. The molecule has 0 spiro atoms. The Hall–Kier alpha value is -1.43. The highest BCUT2D eigenvalue weighted by molar-refractivity contribution is 5.87. The van der Waals surface area contributed by atoms with Gasteiger partial charge in [0.1, 0.15) is 17.9 Å². The van der Waals surface area contributed by atoms with Crippen molar-refractivity contribution in [1.82, 2.24) is 5.32 Å². The van der Waals surface area contributed by atoms with Crippen LogP contribution < -0.4 is 5.32 Å². The fraction of sp³-hybridized carbons (Fsp3) is 0.769. The van der Waals surface area contributed by atoms with E-state index in [1.54, 1.807) is 0 Å². The first-order chi connectivity index (χ1) is 9.08. The van der Waals surface area contributed by atoms with E-state index < -0.39 is 18.1 Å². The molecule has 0 bridgehead atoms. The van der Waals surface area contributed by atoms with Crippen molar-refractivity contribution in [3.8, 4) is 0 Å². The van der Waals surface area contributed by atoms with Gasteiger partial charge in [0.25, 0.3) is 0 Å². The Balaban J connectivity index is 1.97. The third-order valence-corrected chi connectivity index (χ3v) is 3.78. The van der Waals surface area contributed by atoms with Gasteiger partial charge in [-0.15, -0.1) is 0 Å². The first kappa shape index (κ1) is 14.0. The zero-order valence-corrected chi connectivity index (χ0v) is 10.8. The molecule has 2 fully saturated rings. The van der Waals surface area contributed by atoms with Gasteiger partial charge in [-0.2, -0.15) is 0 Å². The van der Waals surface area contributed by atoms with Gasteiger partial charge < -0.3 is 15.2 Å². The number of rotatable bonds is 4. The van der Waals surface area contributed by atoms with Crippen LogP contribution in [0.25, 0.3) is 0 Å². The topological polar surface area (TPSA) is 92.7 Å². The van der Waals surface area contributed by atoms with Crippen LogP contribution in [0.3, 0.4) is 0 Å². The maximum absolute atomic E-state index is 11.9. The monoisotopic (exact) mass is 269 g/mol. The summed E-state index contributed by atoms with van der Waals surface area (Å²) in [5.41, 5.74) is 0. The van der Waals surface area contributed by atoms with Gasteiger partial charge >= 0.3 is 5.97 Å². The molecule has 0 aromatic rings. The van der Waals surface area contributed by atoms with E-state index in [-0.39, 0.29) is 24.0 Å². The molecule has 3 atom stereocenters. The van der Waals surface area contributed by atoms with E-state index >= 15 is 0 Å². The van der Waals surface area contributed by atoms with Gasteiger partial charge in [-0.05, 0) is 31.6 Å². The molecule has 6 heteroatoms. The lowest BCUT2D eigenvalue weighted by Gasteiger charge is -2.28. The molecule has 1 heterocycles. The summed E-state index contributed by atoms with van der Waals surface area (Å²) >= 11 is 0. The van der Waals surface area contributed by atoms with Crippen LogP contribution in [0.15, 0.2) is 0 Å². The van der Waals surface area contributed by atoms with E-state index in [4.69, 9.17) is 4.74 Å². The molecule has 19 heavy (non-hydrogen) atoms. The normalized spacial score (nSPS) is 28.9. The molecule has 2 rings (SSSR count). The Labute approximate surface area is 111 Å². The van der Waals surface area contributed by atoms with Gasteiger partial charge in [0.2, 0.25) is 5.91 Å². The quantitative estimate of drug-likeness (QED) is 0.775.